The molecule has 3 rings (SSSR count). The van der Waals surface area contributed by atoms with Crippen LogP contribution in [0.25, 0.3) is 16.1 Å². The number of carbonyl (C=O) groups excluding carboxylic acids is 1. The molecule has 0 fully saturated rings. The van der Waals surface area contributed by atoms with Crippen LogP contribution in [0.1, 0.15) is 31.3 Å². The minimum Gasteiger partial charge on any atom is -0.496 e. The van der Waals surface area contributed by atoms with E-state index in [9.17, 15) is 4.79 Å². The lowest BCUT2D eigenvalue weighted by atomic mass is 9.92. The van der Waals surface area contributed by atoms with Gasteiger partial charge < -0.3 is 9.47 Å². The summed E-state index contributed by atoms with van der Waals surface area (Å²) >= 11 is 7.54. The van der Waals surface area contributed by atoms with Crippen LogP contribution in [0.4, 0.5) is 0 Å². The molecule has 0 N–H and O–H groups in total. The first-order valence-corrected chi connectivity index (χ1v) is 9.45. The highest BCUT2D eigenvalue weighted by Gasteiger charge is 2.41. The molecule has 0 radical (unpaired) electrons. The molecule has 26 heavy (non-hydrogen) atoms. The largest absolute Gasteiger partial charge is 0.496 e. The summed E-state index contributed by atoms with van der Waals surface area (Å²) in [6.07, 6.45) is 0.752. The average Bonchev–Trinajstić information content (AvgIpc) is 3.01. The smallest absolute Gasteiger partial charge is 0.232 e. The quantitative estimate of drug-likeness (QED) is 0.668. The summed E-state index contributed by atoms with van der Waals surface area (Å²) in [4.78, 5) is 18.6. The van der Waals surface area contributed by atoms with Gasteiger partial charge in [-0.1, -0.05) is 37.2 Å². The van der Waals surface area contributed by atoms with Gasteiger partial charge in [0.25, 0.3) is 0 Å². The molecular weight excluding hydrogens is 370 g/mol. The van der Waals surface area contributed by atoms with E-state index in [1.807, 2.05) is 45.0 Å². The van der Waals surface area contributed by atoms with E-state index in [0.29, 0.717) is 22.0 Å². The number of rotatable bonds is 4. The van der Waals surface area contributed by atoms with Crippen molar-refractivity contribution in [2.75, 3.05) is 7.11 Å². The fourth-order valence-corrected chi connectivity index (χ4v) is 4.15. The van der Waals surface area contributed by atoms with Gasteiger partial charge in [0.2, 0.25) is 5.78 Å². The molecule has 0 spiro atoms. The van der Waals surface area contributed by atoms with Crippen LogP contribution in [-0.4, -0.2) is 23.5 Å². The molecule has 6 heteroatoms. The predicted molar refractivity (Wildman–Crippen MR) is 105 cm³/mol. The fraction of sp³-hybridized carbons (Fsp3) is 0.300. The van der Waals surface area contributed by atoms with Gasteiger partial charge in [-0.15, -0.1) is 11.3 Å². The van der Waals surface area contributed by atoms with Crippen molar-refractivity contribution in [2.45, 2.75) is 32.8 Å². The van der Waals surface area contributed by atoms with Crippen LogP contribution in [0.15, 0.2) is 42.4 Å². The number of aromatic nitrogens is 1. The van der Waals surface area contributed by atoms with E-state index in [4.69, 9.17) is 26.1 Å². The van der Waals surface area contributed by atoms with Gasteiger partial charge in [0, 0.05) is 15.5 Å². The predicted octanol–water partition coefficient (Wildman–Crippen LogP) is 5.28. The van der Waals surface area contributed by atoms with E-state index in [-0.39, 0.29) is 11.5 Å². The number of Topliss-reactive ketones (excluding diaryl/α,β-unsaturated/α-hetero) is 1. The third-order valence-corrected chi connectivity index (χ3v) is 5.68. The van der Waals surface area contributed by atoms with Gasteiger partial charge in [-0.2, -0.15) is 0 Å². The highest BCUT2D eigenvalue weighted by Crippen LogP contribution is 2.41. The van der Waals surface area contributed by atoms with Crippen molar-refractivity contribution in [1.29, 1.82) is 0 Å². The number of hydrogen-bond donors (Lipinski definition) is 0. The van der Waals surface area contributed by atoms with Crippen LogP contribution in [0, 0.1) is 0 Å². The molecule has 2 aromatic rings. The van der Waals surface area contributed by atoms with Crippen LogP contribution < -0.4 is 0 Å². The van der Waals surface area contributed by atoms with Gasteiger partial charge in [0.05, 0.1) is 18.4 Å². The van der Waals surface area contributed by atoms with Gasteiger partial charge in [0.1, 0.15) is 5.01 Å². The summed E-state index contributed by atoms with van der Waals surface area (Å²) < 4.78 is 11.2. The molecule has 0 bridgehead atoms. The maximum atomic E-state index is 12.8. The molecule has 4 nitrogen and oxygen atoms in total. The van der Waals surface area contributed by atoms with Crippen molar-refractivity contribution >= 4 is 34.3 Å². The average molecular weight is 390 g/mol. The van der Waals surface area contributed by atoms with Gasteiger partial charge in [-0.25, -0.2) is 4.98 Å². The Morgan fingerprint density at radius 2 is 1.96 bits per heavy atom. The Hall–Kier alpha value is -2.11. The van der Waals surface area contributed by atoms with Crippen molar-refractivity contribution < 1.29 is 14.3 Å². The number of allylic oxidation sites excluding steroid dienone is 1. The van der Waals surface area contributed by atoms with E-state index in [1.165, 1.54) is 0 Å². The SMILES string of the molecule is C=C1OC(C)(C)C(OC)=C(c2nc(-c3ccc(Cl)cc3)sc2CC)C1=O. The van der Waals surface area contributed by atoms with Crippen molar-refractivity contribution in [3.8, 4) is 10.6 Å². The molecule has 0 saturated carbocycles. The molecule has 0 atom stereocenters. The maximum Gasteiger partial charge on any atom is 0.232 e. The second-order valence-electron chi connectivity index (χ2n) is 6.42. The minimum absolute atomic E-state index is 0.105. The number of thiazole rings is 1. The van der Waals surface area contributed by atoms with Gasteiger partial charge in [-0.3, -0.25) is 4.79 Å². The molecule has 1 aromatic carbocycles. The normalized spacial score (nSPS) is 16.7. The molecule has 0 unspecified atom stereocenters. The molecule has 1 aliphatic heterocycles. The number of carbonyl (C=O) groups is 1. The Morgan fingerprint density at radius 1 is 1.31 bits per heavy atom. The number of ketones is 1. The number of methoxy groups -OCH3 is 1. The van der Waals surface area contributed by atoms with E-state index in [0.717, 1.165) is 21.9 Å². The summed E-state index contributed by atoms with van der Waals surface area (Å²) in [5, 5.41) is 1.50. The highest BCUT2D eigenvalue weighted by atomic mass is 35.5. The second kappa shape index (κ2) is 6.89. The Kier molecular flexibility index (Phi) is 4.95. The second-order valence-corrected chi connectivity index (χ2v) is 7.94. The van der Waals surface area contributed by atoms with E-state index in [1.54, 1.807) is 18.4 Å². The van der Waals surface area contributed by atoms with E-state index in [2.05, 4.69) is 6.58 Å². The summed E-state index contributed by atoms with van der Waals surface area (Å²) in [5.74, 6) is 0.287. The first kappa shape index (κ1) is 18.7. The Morgan fingerprint density at radius 3 is 2.54 bits per heavy atom. The van der Waals surface area contributed by atoms with Crippen LogP contribution >= 0.6 is 22.9 Å². The number of benzene rings is 1. The van der Waals surface area contributed by atoms with Crippen molar-refractivity contribution in [3.05, 3.63) is 58.0 Å². The number of hydrogen-bond acceptors (Lipinski definition) is 5. The molecule has 0 saturated heterocycles. The Balaban J connectivity index is 2.21. The Bertz CT molecular complexity index is 910. The van der Waals surface area contributed by atoms with Crippen LogP contribution in [0.5, 0.6) is 0 Å². The fourth-order valence-electron chi connectivity index (χ4n) is 3.01. The summed E-state index contributed by atoms with van der Waals surface area (Å²) in [7, 11) is 1.54. The van der Waals surface area contributed by atoms with Crippen LogP contribution in [0.2, 0.25) is 5.02 Å². The number of halogens is 1. The van der Waals surface area contributed by atoms with Crippen LogP contribution in [0.3, 0.4) is 0 Å². The zero-order valence-electron chi connectivity index (χ0n) is 15.2. The first-order valence-electron chi connectivity index (χ1n) is 8.25. The van der Waals surface area contributed by atoms with Gasteiger partial charge in [0.15, 0.2) is 17.1 Å². The number of nitrogens with zero attached hydrogens (tertiary/aromatic N) is 1. The molecular formula is C20H20ClNO3S. The molecule has 1 aliphatic rings. The van der Waals surface area contributed by atoms with Crippen molar-refractivity contribution in [3.63, 3.8) is 0 Å². The third-order valence-electron chi connectivity index (χ3n) is 4.18. The molecule has 1 aromatic heterocycles. The topological polar surface area (TPSA) is 48.4 Å². The molecule has 2 heterocycles. The lowest BCUT2D eigenvalue weighted by molar-refractivity contribution is -0.118. The molecule has 136 valence electrons. The van der Waals surface area contributed by atoms with Crippen LogP contribution in [-0.2, 0) is 20.7 Å². The number of ether oxygens (including phenoxy) is 2. The molecule has 0 amide bonds. The van der Waals surface area contributed by atoms with Crippen molar-refractivity contribution in [2.24, 2.45) is 0 Å². The van der Waals surface area contributed by atoms with E-state index >= 15 is 0 Å². The summed E-state index contributed by atoms with van der Waals surface area (Å²) in [6, 6.07) is 7.50. The lowest BCUT2D eigenvalue weighted by Gasteiger charge is -2.34. The highest BCUT2D eigenvalue weighted by molar-refractivity contribution is 7.15. The monoisotopic (exact) mass is 389 g/mol. The maximum absolute atomic E-state index is 12.8. The van der Waals surface area contributed by atoms with E-state index < -0.39 is 5.60 Å². The zero-order chi connectivity index (χ0) is 19.1. The molecule has 0 aliphatic carbocycles. The summed E-state index contributed by atoms with van der Waals surface area (Å²) in [5.41, 5.74) is 1.24. The summed E-state index contributed by atoms with van der Waals surface area (Å²) in [6.45, 7) is 9.50. The third kappa shape index (κ3) is 3.17. The number of aryl methyl sites for hydroxylation is 1. The first-order chi connectivity index (χ1) is 12.3. The minimum atomic E-state index is -0.788. The standard InChI is InChI=1S/C20H20ClNO3S/c1-6-14-16(22-19(26-14)12-7-9-13(21)10-8-12)15-17(23)11(2)25-20(3,4)18(15)24-5/h7-10H,2,6H2,1,3-5H3. The zero-order valence-corrected chi connectivity index (χ0v) is 16.8. The van der Waals surface area contributed by atoms with Gasteiger partial charge >= 0.3 is 0 Å². The van der Waals surface area contributed by atoms with Crippen molar-refractivity contribution in [1.82, 2.24) is 4.98 Å². The Labute approximate surface area is 162 Å². The van der Waals surface area contributed by atoms with Gasteiger partial charge in [-0.05, 0) is 32.4 Å². The lowest BCUT2D eigenvalue weighted by Crippen LogP contribution is -2.36.